The number of carboxylic acid groups (broad SMARTS) is 1. The van der Waals surface area contributed by atoms with Crippen molar-refractivity contribution < 1.29 is 14.6 Å². The fraction of sp³-hybridized carbons (Fsp3) is 0.417. The van der Waals surface area contributed by atoms with Crippen LogP contribution in [-0.2, 0) is 9.53 Å². The molecule has 1 heterocycles. The summed E-state index contributed by atoms with van der Waals surface area (Å²) in [6.07, 6.45) is 0.562. The molecule has 1 aromatic carbocycles. The molecule has 1 aliphatic heterocycles. The first-order valence-electron chi connectivity index (χ1n) is 5.24. The molecule has 16 heavy (non-hydrogen) atoms. The van der Waals surface area contributed by atoms with Crippen molar-refractivity contribution in [1.29, 1.82) is 0 Å². The summed E-state index contributed by atoms with van der Waals surface area (Å²) in [6, 6.07) is 7.34. The summed E-state index contributed by atoms with van der Waals surface area (Å²) in [5.41, 5.74) is 0.944. The van der Waals surface area contributed by atoms with Crippen LogP contribution in [0, 0.1) is 5.92 Å². The number of hydrogen-bond donors (Lipinski definition) is 1. The molecule has 1 N–H and O–H groups in total. The van der Waals surface area contributed by atoms with E-state index in [1.807, 2.05) is 18.2 Å². The van der Waals surface area contributed by atoms with Crippen LogP contribution in [0.1, 0.15) is 17.9 Å². The van der Waals surface area contributed by atoms with Crippen LogP contribution in [0.3, 0.4) is 0 Å². The van der Waals surface area contributed by atoms with Gasteiger partial charge in [-0.1, -0.05) is 23.7 Å². The molecule has 2 rings (SSSR count). The summed E-state index contributed by atoms with van der Waals surface area (Å²) < 4.78 is 5.35. The molecule has 0 bridgehead atoms. The Hall–Kier alpha value is -1.06. The van der Waals surface area contributed by atoms with Gasteiger partial charge in [0, 0.05) is 17.5 Å². The molecule has 2 atom stereocenters. The van der Waals surface area contributed by atoms with Crippen LogP contribution in [0.5, 0.6) is 0 Å². The normalized spacial score (nSPS) is 25.3. The monoisotopic (exact) mass is 240 g/mol. The number of rotatable bonds is 2. The fourth-order valence-corrected chi connectivity index (χ4v) is 2.30. The second kappa shape index (κ2) is 4.85. The number of ether oxygens (including phenoxy) is 1. The quantitative estimate of drug-likeness (QED) is 0.864. The molecule has 4 heteroatoms. The number of halogens is 1. The Balaban J connectivity index is 2.26. The van der Waals surface area contributed by atoms with Gasteiger partial charge in [0.1, 0.15) is 0 Å². The van der Waals surface area contributed by atoms with Crippen LogP contribution in [-0.4, -0.2) is 24.3 Å². The van der Waals surface area contributed by atoms with Crippen molar-refractivity contribution >= 4 is 17.6 Å². The van der Waals surface area contributed by atoms with Gasteiger partial charge < -0.3 is 9.84 Å². The Kier molecular flexibility index (Phi) is 3.46. The van der Waals surface area contributed by atoms with E-state index in [-0.39, 0.29) is 11.8 Å². The van der Waals surface area contributed by atoms with Crippen molar-refractivity contribution in [2.75, 3.05) is 13.2 Å². The number of benzene rings is 1. The second-order valence-electron chi connectivity index (χ2n) is 3.97. The van der Waals surface area contributed by atoms with Crippen molar-refractivity contribution in [1.82, 2.24) is 0 Å². The van der Waals surface area contributed by atoms with Crippen LogP contribution in [0.25, 0.3) is 0 Å². The zero-order valence-electron chi connectivity index (χ0n) is 8.73. The molecular formula is C12H13ClO3. The van der Waals surface area contributed by atoms with Crippen molar-refractivity contribution in [3.63, 3.8) is 0 Å². The predicted octanol–water partition coefficient (Wildman–Crippen LogP) is 2.54. The first kappa shape index (κ1) is 11.4. The third-order valence-electron chi connectivity index (χ3n) is 2.95. The van der Waals surface area contributed by atoms with Gasteiger partial charge in [0.2, 0.25) is 0 Å². The summed E-state index contributed by atoms with van der Waals surface area (Å²) in [6.45, 7) is 0.978. The van der Waals surface area contributed by atoms with E-state index < -0.39 is 5.97 Å². The van der Waals surface area contributed by atoms with Gasteiger partial charge in [-0.3, -0.25) is 4.79 Å². The maximum Gasteiger partial charge on any atom is 0.307 e. The molecular weight excluding hydrogens is 228 g/mol. The highest BCUT2D eigenvalue weighted by molar-refractivity contribution is 6.30. The zero-order chi connectivity index (χ0) is 11.5. The summed E-state index contributed by atoms with van der Waals surface area (Å²) in [7, 11) is 0. The average molecular weight is 241 g/mol. The van der Waals surface area contributed by atoms with Crippen LogP contribution in [0.4, 0.5) is 0 Å². The molecule has 0 radical (unpaired) electrons. The average Bonchev–Trinajstić information content (AvgIpc) is 2.29. The minimum atomic E-state index is -0.756. The molecule has 1 fully saturated rings. The Labute approximate surface area is 99.0 Å². The van der Waals surface area contributed by atoms with Gasteiger partial charge in [-0.05, 0) is 24.1 Å². The molecule has 1 saturated heterocycles. The molecule has 0 spiro atoms. The smallest absolute Gasteiger partial charge is 0.307 e. The lowest BCUT2D eigenvalue weighted by Gasteiger charge is -2.29. The maximum absolute atomic E-state index is 11.1. The largest absolute Gasteiger partial charge is 0.481 e. The number of aliphatic carboxylic acids is 1. The molecule has 0 saturated carbocycles. The van der Waals surface area contributed by atoms with Crippen molar-refractivity contribution in [3.05, 3.63) is 34.9 Å². The SMILES string of the molecule is O=C(O)C1CCOCC1c1cccc(Cl)c1. The topological polar surface area (TPSA) is 46.5 Å². The van der Waals surface area contributed by atoms with Crippen LogP contribution >= 0.6 is 11.6 Å². The summed E-state index contributed by atoms with van der Waals surface area (Å²) in [5.74, 6) is -1.22. The highest BCUT2D eigenvalue weighted by atomic mass is 35.5. The Morgan fingerprint density at radius 1 is 1.50 bits per heavy atom. The van der Waals surface area contributed by atoms with E-state index in [4.69, 9.17) is 21.4 Å². The standard InChI is InChI=1S/C12H13ClO3/c13-9-3-1-2-8(6-9)11-7-16-5-4-10(11)12(14)15/h1-3,6,10-11H,4-5,7H2,(H,14,15). The van der Waals surface area contributed by atoms with Gasteiger partial charge in [-0.15, -0.1) is 0 Å². The first-order chi connectivity index (χ1) is 7.68. The van der Waals surface area contributed by atoms with Gasteiger partial charge in [0.25, 0.3) is 0 Å². The fourth-order valence-electron chi connectivity index (χ4n) is 2.10. The molecule has 0 amide bonds. The molecule has 1 aliphatic rings. The highest BCUT2D eigenvalue weighted by Crippen LogP contribution is 2.32. The molecule has 0 aliphatic carbocycles. The summed E-state index contributed by atoms with van der Waals surface area (Å²) >= 11 is 5.90. The van der Waals surface area contributed by atoms with E-state index in [0.29, 0.717) is 24.7 Å². The van der Waals surface area contributed by atoms with Gasteiger partial charge in [0.15, 0.2) is 0 Å². The number of carboxylic acids is 1. The van der Waals surface area contributed by atoms with E-state index >= 15 is 0 Å². The van der Waals surface area contributed by atoms with Crippen molar-refractivity contribution in [2.24, 2.45) is 5.92 Å². The minimum absolute atomic E-state index is 0.0926. The van der Waals surface area contributed by atoms with E-state index in [1.54, 1.807) is 6.07 Å². The van der Waals surface area contributed by atoms with Gasteiger partial charge in [-0.2, -0.15) is 0 Å². The number of carbonyl (C=O) groups is 1. The molecule has 1 aromatic rings. The maximum atomic E-state index is 11.1. The molecule has 0 aromatic heterocycles. The van der Waals surface area contributed by atoms with E-state index in [1.165, 1.54) is 0 Å². The summed E-state index contributed by atoms with van der Waals surface area (Å²) in [4.78, 5) is 11.1. The second-order valence-corrected chi connectivity index (χ2v) is 4.41. The number of hydrogen-bond acceptors (Lipinski definition) is 2. The summed E-state index contributed by atoms with van der Waals surface area (Å²) in [5, 5.41) is 9.78. The zero-order valence-corrected chi connectivity index (χ0v) is 9.48. The Morgan fingerprint density at radius 2 is 2.31 bits per heavy atom. The minimum Gasteiger partial charge on any atom is -0.481 e. The third kappa shape index (κ3) is 2.36. The van der Waals surface area contributed by atoms with Gasteiger partial charge in [-0.25, -0.2) is 0 Å². The third-order valence-corrected chi connectivity index (χ3v) is 3.19. The predicted molar refractivity (Wildman–Crippen MR) is 60.8 cm³/mol. The lowest BCUT2D eigenvalue weighted by molar-refractivity contribution is -0.146. The lowest BCUT2D eigenvalue weighted by Crippen LogP contribution is -2.31. The van der Waals surface area contributed by atoms with Gasteiger partial charge in [0.05, 0.1) is 12.5 Å². The van der Waals surface area contributed by atoms with Gasteiger partial charge >= 0.3 is 5.97 Å². The Morgan fingerprint density at radius 3 is 3.00 bits per heavy atom. The lowest BCUT2D eigenvalue weighted by atomic mass is 9.83. The van der Waals surface area contributed by atoms with Crippen molar-refractivity contribution in [2.45, 2.75) is 12.3 Å². The van der Waals surface area contributed by atoms with E-state index in [0.717, 1.165) is 5.56 Å². The first-order valence-corrected chi connectivity index (χ1v) is 5.62. The van der Waals surface area contributed by atoms with Crippen LogP contribution in [0.15, 0.2) is 24.3 Å². The molecule has 86 valence electrons. The molecule has 3 nitrogen and oxygen atoms in total. The van der Waals surface area contributed by atoms with Crippen LogP contribution in [0.2, 0.25) is 5.02 Å². The van der Waals surface area contributed by atoms with E-state index in [9.17, 15) is 4.79 Å². The van der Waals surface area contributed by atoms with Crippen LogP contribution < -0.4 is 0 Å². The molecule has 2 unspecified atom stereocenters. The van der Waals surface area contributed by atoms with Crippen molar-refractivity contribution in [3.8, 4) is 0 Å². The Bertz CT molecular complexity index is 392. The van der Waals surface area contributed by atoms with E-state index in [2.05, 4.69) is 0 Å². The highest BCUT2D eigenvalue weighted by Gasteiger charge is 2.32.